The Bertz CT molecular complexity index is 728. The maximum Gasteiger partial charge on any atom is 0.200 e. The van der Waals surface area contributed by atoms with Gasteiger partial charge in [0.2, 0.25) is 5.82 Å². The highest BCUT2D eigenvalue weighted by Crippen LogP contribution is 2.15. The number of aryl methyl sites for hydroxylation is 1. The van der Waals surface area contributed by atoms with E-state index in [1.54, 1.807) is 16.9 Å². The number of nitrogen functional groups attached to an aromatic ring is 1. The zero-order valence-electron chi connectivity index (χ0n) is 12.0. The molecule has 0 amide bonds. The number of tetrazole rings is 1. The third kappa shape index (κ3) is 3.38. The van der Waals surface area contributed by atoms with Gasteiger partial charge in [0, 0.05) is 30.9 Å². The first kappa shape index (κ1) is 14.0. The van der Waals surface area contributed by atoms with Crippen LogP contribution in [0.2, 0.25) is 0 Å². The van der Waals surface area contributed by atoms with Crippen LogP contribution in [-0.4, -0.2) is 31.8 Å². The molecule has 0 unspecified atom stereocenters. The van der Waals surface area contributed by atoms with Gasteiger partial charge in [-0.1, -0.05) is 12.1 Å². The van der Waals surface area contributed by atoms with Crippen LogP contribution in [0.1, 0.15) is 6.42 Å². The molecule has 0 fully saturated rings. The van der Waals surface area contributed by atoms with Gasteiger partial charge in [-0.25, -0.2) is 4.68 Å². The lowest BCUT2D eigenvalue weighted by molar-refractivity contribution is 0.298. The van der Waals surface area contributed by atoms with E-state index in [4.69, 9.17) is 10.5 Å². The number of aromatic nitrogens is 5. The van der Waals surface area contributed by atoms with Crippen molar-refractivity contribution in [3.63, 3.8) is 0 Å². The van der Waals surface area contributed by atoms with Gasteiger partial charge in [0.05, 0.1) is 6.61 Å². The van der Waals surface area contributed by atoms with Gasteiger partial charge in [-0.3, -0.25) is 4.98 Å². The average Bonchev–Trinajstić information content (AvgIpc) is 3.01. The van der Waals surface area contributed by atoms with Crippen LogP contribution >= 0.6 is 0 Å². The van der Waals surface area contributed by atoms with Crippen LogP contribution in [0, 0.1) is 0 Å². The summed E-state index contributed by atoms with van der Waals surface area (Å²) in [5.74, 6) is 1.42. The van der Waals surface area contributed by atoms with Crippen molar-refractivity contribution in [2.45, 2.75) is 13.0 Å². The van der Waals surface area contributed by atoms with Gasteiger partial charge < -0.3 is 10.5 Å². The normalized spacial score (nSPS) is 10.5. The fourth-order valence-corrected chi connectivity index (χ4v) is 2.04. The molecule has 7 nitrogen and oxygen atoms in total. The van der Waals surface area contributed by atoms with E-state index >= 15 is 0 Å². The summed E-state index contributed by atoms with van der Waals surface area (Å²) >= 11 is 0. The van der Waals surface area contributed by atoms with Crippen LogP contribution in [-0.2, 0) is 6.54 Å². The molecule has 0 aliphatic heterocycles. The number of anilines is 1. The molecule has 0 aliphatic rings. The minimum Gasteiger partial charge on any atom is -0.493 e. The SMILES string of the molecule is Nc1cccc(OCCCn2nnnc2-c2ccccn2)c1. The molecule has 7 heteroatoms. The van der Waals surface area contributed by atoms with E-state index in [0.29, 0.717) is 24.7 Å². The molecular formula is C15H16N6O. The van der Waals surface area contributed by atoms with E-state index in [9.17, 15) is 0 Å². The molecule has 3 aromatic rings. The van der Waals surface area contributed by atoms with E-state index in [0.717, 1.165) is 17.9 Å². The van der Waals surface area contributed by atoms with Crippen molar-refractivity contribution in [1.82, 2.24) is 25.2 Å². The number of benzene rings is 1. The van der Waals surface area contributed by atoms with Crippen LogP contribution in [0.4, 0.5) is 5.69 Å². The van der Waals surface area contributed by atoms with E-state index in [1.807, 2.05) is 36.4 Å². The molecule has 0 saturated carbocycles. The van der Waals surface area contributed by atoms with Crippen molar-refractivity contribution in [1.29, 1.82) is 0 Å². The molecular weight excluding hydrogens is 280 g/mol. The topological polar surface area (TPSA) is 91.7 Å². The second kappa shape index (κ2) is 6.66. The lowest BCUT2D eigenvalue weighted by Crippen LogP contribution is -2.08. The van der Waals surface area contributed by atoms with Crippen LogP contribution in [0.3, 0.4) is 0 Å². The fourth-order valence-electron chi connectivity index (χ4n) is 2.04. The lowest BCUT2D eigenvalue weighted by Gasteiger charge is -2.07. The highest BCUT2D eigenvalue weighted by molar-refractivity contribution is 5.47. The molecule has 0 spiro atoms. The Labute approximate surface area is 127 Å². The molecule has 2 N–H and O–H groups in total. The quantitative estimate of drug-likeness (QED) is 0.550. The summed E-state index contributed by atoms with van der Waals surface area (Å²) in [6.45, 7) is 1.21. The number of pyridine rings is 1. The van der Waals surface area contributed by atoms with Crippen LogP contribution < -0.4 is 10.5 Å². The third-order valence-corrected chi connectivity index (χ3v) is 3.07. The van der Waals surface area contributed by atoms with Crippen molar-refractivity contribution in [2.24, 2.45) is 0 Å². The van der Waals surface area contributed by atoms with Gasteiger partial charge in [-0.05, 0) is 34.7 Å². The molecule has 0 bridgehead atoms. The summed E-state index contributed by atoms with van der Waals surface area (Å²) in [6.07, 6.45) is 2.50. The van der Waals surface area contributed by atoms with Gasteiger partial charge in [0.25, 0.3) is 0 Å². The molecule has 112 valence electrons. The first-order valence-corrected chi connectivity index (χ1v) is 6.99. The van der Waals surface area contributed by atoms with E-state index in [1.165, 1.54) is 0 Å². The molecule has 2 aromatic heterocycles. The van der Waals surface area contributed by atoms with Crippen molar-refractivity contribution >= 4 is 5.69 Å². The first-order chi connectivity index (χ1) is 10.8. The molecule has 0 radical (unpaired) electrons. The Hall–Kier alpha value is -2.96. The Kier molecular flexibility index (Phi) is 4.24. The maximum atomic E-state index is 5.71. The lowest BCUT2D eigenvalue weighted by atomic mass is 10.3. The molecule has 2 heterocycles. The Morgan fingerprint density at radius 3 is 2.91 bits per heavy atom. The van der Waals surface area contributed by atoms with E-state index in [2.05, 4.69) is 20.5 Å². The Balaban J connectivity index is 1.56. The summed E-state index contributed by atoms with van der Waals surface area (Å²) in [6, 6.07) is 13.0. The zero-order valence-corrected chi connectivity index (χ0v) is 12.0. The van der Waals surface area contributed by atoms with Crippen LogP contribution in [0.5, 0.6) is 5.75 Å². The third-order valence-electron chi connectivity index (χ3n) is 3.07. The minimum absolute atomic E-state index is 0.560. The Morgan fingerprint density at radius 2 is 2.09 bits per heavy atom. The van der Waals surface area contributed by atoms with Crippen molar-refractivity contribution in [2.75, 3.05) is 12.3 Å². The van der Waals surface area contributed by atoms with Gasteiger partial charge in [-0.2, -0.15) is 0 Å². The van der Waals surface area contributed by atoms with Crippen LogP contribution in [0.25, 0.3) is 11.5 Å². The summed E-state index contributed by atoms with van der Waals surface area (Å²) < 4.78 is 7.38. The summed E-state index contributed by atoms with van der Waals surface area (Å²) in [4.78, 5) is 4.26. The predicted octanol–water partition coefficient (Wildman–Crippen LogP) is 1.79. The fraction of sp³-hybridized carbons (Fsp3) is 0.200. The van der Waals surface area contributed by atoms with Gasteiger partial charge in [0.1, 0.15) is 11.4 Å². The van der Waals surface area contributed by atoms with Crippen molar-refractivity contribution in [3.8, 4) is 17.3 Å². The summed E-state index contributed by atoms with van der Waals surface area (Å²) in [5, 5.41) is 11.7. The molecule has 0 atom stereocenters. The molecule has 0 saturated heterocycles. The predicted molar refractivity (Wildman–Crippen MR) is 82.0 cm³/mol. The van der Waals surface area contributed by atoms with E-state index < -0.39 is 0 Å². The monoisotopic (exact) mass is 296 g/mol. The summed E-state index contributed by atoms with van der Waals surface area (Å²) in [5.41, 5.74) is 7.15. The number of rotatable bonds is 6. The van der Waals surface area contributed by atoms with Crippen molar-refractivity contribution in [3.05, 3.63) is 48.7 Å². The number of nitrogens with zero attached hydrogens (tertiary/aromatic N) is 5. The zero-order chi connectivity index (χ0) is 15.2. The average molecular weight is 296 g/mol. The summed E-state index contributed by atoms with van der Waals surface area (Å²) in [7, 11) is 0. The molecule has 22 heavy (non-hydrogen) atoms. The van der Waals surface area contributed by atoms with Crippen LogP contribution in [0.15, 0.2) is 48.7 Å². The number of hydrogen-bond acceptors (Lipinski definition) is 6. The number of ether oxygens (including phenoxy) is 1. The number of nitrogens with two attached hydrogens (primary N) is 1. The highest BCUT2D eigenvalue weighted by Gasteiger charge is 2.09. The smallest absolute Gasteiger partial charge is 0.200 e. The minimum atomic E-state index is 0.560. The van der Waals surface area contributed by atoms with E-state index in [-0.39, 0.29) is 0 Å². The van der Waals surface area contributed by atoms with Gasteiger partial charge in [0.15, 0.2) is 0 Å². The Morgan fingerprint density at radius 1 is 1.14 bits per heavy atom. The molecule has 3 rings (SSSR count). The highest BCUT2D eigenvalue weighted by atomic mass is 16.5. The second-order valence-electron chi connectivity index (χ2n) is 4.72. The van der Waals surface area contributed by atoms with Crippen molar-refractivity contribution < 1.29 is 4.74 Å². The first-order valence-electron chi connectivity index (χ1n) is 6.99. The second-order valence-corrected chi connectivity index (χ2v) is 4.72. The maximum absolute atomic E-state index is 5.71. The molecule has 0 aliphatic carbocycles. The largest absolute Gasteiger partial charge is 0.493 e. The number of hydrogen-bond donors (Lipinski definition) is 1. The molecule has 1 aromatic carbocycles. The van der Waals surface area contributed by atoms with Gasteiger partial charge >= 0.3 is 0 Å². The van der Waals surface area contributed by atoms with Gasteiger partial charge in [-0.15, -0.1) is 5.10 Å². The standard InChI is InChI=1S/C15H16N6O/c16-12-5-3-6-13(11-12)22-10-4-9-21-15(18-19-20-21)14-7-1-2-8-17-14/h1-3,5-8,11H,4,9-10,16H2.